The van der Waals surface area contributed by atoms with E-state index in [-0.39, 0.29) is 12.4 Å². The SMILES string of the molecule is N#CCC[C@@H]1CCO[C@H](c2ccccc2)O1. The molecule has 0 spiro atoms. The summed E-state index contributed by atoms with van der Waals surface area (Å²) >= 11 is 0. The molecule has 0 unspecified atom stereocenters. The Morgan fingerprint density at radius 2 is 2.12 bits per heavy atom. The van der Waals surface area contributed by atoms with Crippen molar-refractivity contribution in [2.45, 2.75) is 31.7 Å². The van der Waals surface area contributed by atoms with Crippen LogP contribution < -0.4 is 0 Å². The molecule has 1 saturated heterocycles. The summed E-state index contributed by atoms with van der Waals surface area (Å²) in [4.78, 5) is 0. The van der Waals surface area contributed by atoms with Crippen LogP contribution in [-0.4, -0.2) is 12.7 Å². The predicted molar refractivity (Wildman–Crippen MR) is 59.5 cm³/mol. The second-order valence-corrected chi connectivity index (χ2v) is 3.86. The summed E-state index contributed by atoms with van der Waals surface area (Å²) in [6.07, 6.45) is 2.11. The Balaban J connectivity index is 1.94. The summed E-state index contributed by atoms with van der Waals surface area (Å²) in [5.41, 5.74) is 1.05. The van der Waals surface area contributed by atoms with E-state index < -0.39 is 0 Å². The molecule has 1 fully saturated rings. The molecule has 1 aliphatic rings. The van der Waals surface area contributed by atoms with Crippen LogP contribution in [0.5, 0.6) is 0 Å². The van der Waals surface area contributed by atoms with Crippen molar-refractivity contribution in [1.82, 2.24) is 0 Å². The highest BCUT2D eigenvalue weighted by atomic mass is 16.7. The summed E-state index contributed by atoms with van der Waals surface area (Å²) in [5.74, 6) is 0. The van der Waals surface area contributed by atoms with Crippen LogP contribution >= 0.6 is 0 Å². The minimum absolute atomic E-state index is 0.151. The van der Waals surface area contributed by atoms with Crippen molar-refractivity contribution in [3.8, 4) is 6.07 Å². The van der Waals surface area contributed by atoms with Gasteiger partial charge in [-0.05, 0) is 12.8 Å². The molecule has 1 heterocycles. The molecule has 1 aliphatic heterocycles. The molecule has 3 nitrogen and oxygen atoms in total. The lowest BCUT2D eigenvalue weighted by molar-refractivity contribution is -0.218. The number of rotatable bonds is 3. The quantitative estimate of drug-likeness (QED) is 0.781. The van der Waals surface area contributed by atoms with Gasteiger partial charge in [-0.25, -0.2) is 0 Å². The lowest BCUT2D eigenvalue weighted by Crippen LogP contribution is -2.26. The van der Waals surface area contributed by atoms with Crippen molar-refractivity contribution < 1.29 is 9.47 Å². The van der Waals surface area contributed by atoms with Gasteiger partial charge in [0, 0.05) is 12.0 Å². The van der Waals surface area contributed by atoms with Crippen molar-refractivity contribution >= 4 is 0 Å². The van der Waals surface area contributed by atoms with Gasteiger partial charge in [0.15, 0.2) is 6.29 Å². The summed E-state index contributed by atoms with van der Waals surface area (Å²) in [7, 11) is 0. The molecule has 0 bridgehead atoms. The van der Waals surface area contributed by atoms with Gasteiger partial charge >= 0.3 is 0 Å². The van der Waals surface area contributed by atoms with E-state index in [2.05, 4.69) is 6.07 Å². The zero-order valence-electron chi connectivity index (χ0n) is 9.13. The lowest BCUT2D eigenvalue weighted by atomic mass is 10.1. The van der Waals surface area contributed by atoms with Crippen LogP contribution in [0, 0.1) is 11.3 Å². The first-order chi connectivity index (χ1) is 7.90. The Bertz CT molecular complexity index is 358. The van der Waals surface area contributed by atoms with Gasteiger partial charge < -0.3 is 9.47 Å². The van der Waals surface area contributed by atoms with Crippen molar-refractivity contribution in [3.05, 3.63) is 35.9 Å². The molecule has 16 heavy (non-hydrogen) atoms. The van der Waals surface area contributed by atoms with Crippen molar-refractivity contribution in [3.63, 3.8) is 0 Å². The standard InChI is InChI=1S/C13H15NO2/c14-9-4-7-12-8-10-15-13(16-12)11-5-2-1-3-6-11/h1-3,5-6,12-13H,4,7-8,10H2/t12-,13+/m1/s1. The third-order valence-corrected chi connectivity index (χ3v) is 2.67. The van der Waals surface area contributed by atoms with Crippen molar-refractivity contribution in [1.29, 1.82) is 5.26 Å². The number of nitrogens with zero attached hydrogens (tertiary/aromatic N) is 1. The maximum absolute atomic E-state index is 8.54. The van der Waals surface area contributed by atoms with Gasteiger partial charge in [0.2, 0.25) is 0 Å². The first kappa shape index (κ1) is 11.1. The van der Waals surface area contributed by atoms with E-state index in [4.69, 9.17) is 14.7 Å². The van der Waals surface area contributed by atoms with Crippen LogP contribution in [0.3, 0.4) is 0 Å². The van der Waals surface area contributed by atoms with Gasteiger partial charge in [-0.15, -0.1) is 0 Å². The van der Waals surface area contributed by atoms with E-state index in [1.807, 2.05) is 30.3 Å². The molecule has 0 amide bonds. The molecule has 84 valence electrons. The largest absolute Gasteiger partial charge is 0.348 e. The summed E-state index contributed by atoms with van der Waals surface area (Å²) in [5, 5.41) is 8.54. The normalized spacial score (nSPS) is 24.9. The zero-order valence-corrected chi connectivity index (χ0v) is 9.13. The van der Waals surface area contributed by atoms with Gasteiger partial charge in [-0.3, -0.25) is 0 Å². The number of hydrogen-bond acceptors (Lipinski definition) is 3. The smallest absolute Gasteiger partial charge is 0.184 e. The maximum atomic E-state index is 8.54. The van der Waals surface area contributed by atoms with Gasteiger partial charge in [0.1, 0.15) is 0 Å². The van der Waals surface area contributed by atoms with E-state index >= 15 is 0 Å². The summed E-state index contributed by atoms with van der Waals surface area (Å²) < 4.78 is 11.4. The van der Waals surface area contributed by atoms with Gasteiger partial charge in [-0.1, -0.05) is 30.3 Å². The first-order valence-electron chi connectivity index (χ1n) is 5.59. The van der Waals surface area contributed by atoms with E-state index in [0.717, 1.165) is 18.4 Å². The fourth-order valence-electron chi connectivity index (χ4n) is 1.81. The Hall–Kier alpha value is -1.37. The van der Waals surface area contributed by atoms with Crippen LogP contribution in [-0.2, 0) is 9.47 Å². The lowest BCUT2D eigenvalue weighted by Gasteiger charge is -2.30. The molecule has 0 N–H and O–H groups in total. The van der Waals surface area contributed by atoms with Crippen LogP contribution in [0.25, 0.3) is 0 Å². The zero-order chi connectivity index (χ0) is 11.2. The van der Waals surface area contributed by atoms with Crippen molar-refractivity contribution in [2.75, 3.05) is 6.61 Å². The maximum Gasteiger partial charge on any atom is 0.184 e. The van der Waals surface area contributed by atoms with Crippen LogP contribution in [0.1, 0.15) is 31.1 Å². The molecule has 0 saturated carbocycles. The third-order valence-electron chi connectivity index (χ3n) is 2.67. The Kier molecular flexibility index (Phi) is 3.92. The molecule has 0 aliphatic carbocycles. The Morgan fingerprint density at radius 3 is 2.88 bits per heavy atom. The Morgan fingerprint density at radius 1 is 1.31 bits per heavy atom. The van der Waals surface area contributed by atoms with E-state index in [1.54, 1.807) is 0 Å². The number of hydrogen-bond donors (Lipinski definition) is 0. The second-order valence-electron chi connectivity index (χ2n) is 3.86. The van der Waals surface area contributed by atoms with Crippen LogP contribution in [0.2, 0.25) is 0 Å². The fraction of sp³-hybridized carbons (Fsp3) is 0.462. The van der Waals surface area contributed by atoms with Crippen LogP contribution in [0.15, 0.2) is 30.3 Å². The molecule has 1 aromatic rings. The Labute approximate surface area is 95.6 Å². The summed E-state index contributed by atoms with van der Waals surface area (Å²) in [6.45, 7) is 0.704. The second kappa shape index (κ2) is 5.64. The van der Waals surface area contributed by atoms with E-state index in [9.17, 15) is 0 Å². The first-order valence-corrected chi connectivity index (χ1v) is 5.59. The molecule has 0 radical (unpaired) electrons. The third kappa shape index (κ3) is 2.82. The van der Waals surface area contributed by atoms with E-state index in [0.29, 0.717) is 13.0 Å². The minimum Gasteiger partial charge on any atom is -0.348 e. The molecule has 3 heteroatoms. The molecule has 2 atom stereocenters. The highest BCUT2D eigenvalue weighted by Gasteiger charge is 2.23. The predicted octanol–water partition coefficient (Wildman–Crippen LogP) is 2.79. The van der Waals surface area contributed by atoms with Crippen LogP contribution in [0.4, 0.5) is 0 Å². The van der Waals surface area contributed by atoms with Gasteiger partial charge in [0.25, 0.3) is 0 Å². The fourth-order valence-corrected chi connectivity index (χ4v) is 1.81. The number of ether oxygens (including phenoxy) is 2. The van der Waals surface area contributed by atoms with Gasteiger partial charge in [-0.2, -0.15) is 5.26 Å². The summed E-state index contributed by atoms with van der Waals surface area (Å²) in [6, 6.07) is 12.1. The molecule has 2 rings (SSSR count). The molecular formula is C13H15NO2. The van der Waals surface area contributed by atoms with E-state index in [1.165, 1.54) is 0 Å². The highest BCUT2D eigenvalue weighted by Crippen LogP contribution is 2.27. The van der Waals surface area contributed by atoms with Crippen molar-refractivity contribution in [2.24, 2.45) is 0 Å². The molecule has 0 aromatic heterocycles. The number of nitriles is 1. The van der Waals surface area contributed by atoms with Gasteiger partial charge in [0.05, 0.1) is 18.8 Å². The average molecular weight is 217 g/mol. The monoisotopic (exact) mass is 217 g/mol. The minimum atomic E-state index is -0.265. The molecular weight excluding hydrogens is 202 g/mol. The molecule has 1 aromatic carbocycles. The average Bonchev–Trinajstić information content (AvgIpc) is 2.38. The topological polar surface area (TPSA) is 42.2 Å². The highest BCUT2D eigenvalue weighted by molar-refractivity contribution is 5.16. The number of benzene rings is 1.